The zero-order valence-electron chi connectivity index (χ0n) is 25.3. The normalized spacial score (nSPS) is 30.2. The minimum absolute atomic E-state index is 0.0172. The first-order valence-corrected chi connectivity index (χ1v) is 17.7. The zero-order chi connectivity index (χ0) is 32.7. The fourth-order valence-electron chi connectivity index (χ4n) is 7.50. The number of hydrogen-bond acceptors (Lipinski definition) is 7. The molecular formula is C33H38ClF3N2O6S. The fourth-order valence-corrected chi connectivity index (χ4v) is 9.09. The first-order chi connectivity index (χ1) is 21.8. The van der Waals surface area contributed by atoms with E-state index in [0.717, 1.165) is 32.1 Å². The quantitative estimate of drug-likeness (QED) is 0.388. The molecule has 46 heavy (non-hydrogen) atoms. The van der Waals surface area contributed by atoms with Crippen molar-refractivity contribution in [1.29, 1.82) is 0 Å². The van der Waals surface area contributed by atoms with E-state index < -0.39 is 46.7 Å². The number of carbonyl (C=O) groups excluding carboxylic acids is 1. The highest BCUT2D eigenvalue weighted by Gasteiger charge is 2.44. The van der Waals surface area contributed by atoms with Crippen LogP contribution in [0.15, 0.2) is 48.6 Å². The molecule has 1 saturated carbocycles. The van der Waals surface area contributed by atoms with Gasteiger partial charge in [-0.3, -0.25) is 9.53 Å². The van der Waals surface area contributed by atoms with Crippen LogP contribution in [-0.2, 0) is 26.6 Å². The van der Waals surface area contributed by atoms with E-state index in [1.165, 1.54) is 17.2 Å². The van der Waals surface area contributed by atoms with Crippen LogP contribution in [0.5, 0.6) is 5.75 Å². The maximum Gasteiger partial charge on any atom is 0.522 e. The van der Waals surface area contributed by atoms with Gasteiger partial charge in [0, 0.05) is 29.1 Å². The van der Waals surface area contributed by atoms with Crippen LogP contribution in [0, 0.1) is 11.8 Å². The molecule has 5 atom stereocenters. The SMILES string of the molecule is O=C1NS(=O)(=O)[C@H](CCOC(F)(F)F)CC/C=C/[C@H](O)[C@@H]2CC[C@H]2CN2C[C@@]3(CCCc4cc(Cl)ccc43)COc3ccc1cc32. The summed E-state index contributed by atoms with van der Waals surface area (Å²) in [6.07, 6.45) is 1.82. The molecule has 0 saturated heterocycles. The summed E-state index contributed by atoms with van der Waals surface area (Å²) < 4.78 is 77.0. The lowest BCUT2D eigenvalue weighted by Crippen LogP contribution is -2.49. The summed E-state index contributed by atoms with van der Waals surface area (Å²) in [6, 6.07) is 10.8. The smallest absolute Gasteiger partial charge is 0.490 e. The number of nitrogens with one attached hydrogen (secondary N) is 1. The van der Waals surface area contributed by atoms with Gasteiger partial charge in [0.25, 0.3) is 5.91 Å². The summed E-state index contributed by atoms with van der Waals surface area (Å²) in [5.41, 5.74) is 2.75. The molecule has 0 unspecified atom stereocenters. The maximum atomic E-state index is 13.4. The standard InChI is InChI=1S/C33H38ClF3N2O6S/c34-24-9-11-27-21(16-24)4-3-14-32(27)19-39-18-23-7-10-26(23)29(40)6-2-1-5-25(13-15-45-33(35,36)37)46(42,43)38-31(41)22-8-12-30(44-20-32)28(39)17-22/h2,6,8-9,11-12,16-17,23,25-26,29,40H,1,3-5,7,10,13-15,18-20H2,(H,38,41)/b6-2+/t23-,25-,26+,29-,32-/m0/s1. The molecule has 1 spiro atoms. The molecule has 2 bridgehead atoms. The average Bonchev–Trinajstić information content (AvgIpc) is 3.12. The lowest BCUT2D eigenvalue weighted by Gasteiger charge is -2.45. The molecule has 2 N–H and O–H groups in total. The van der Waals surface area contributed by atoms with E-state index >= 15 is 0 Å². The van der Waals surface area contributed by atoms with Crippen molar-refractivity contribution < 1.29 is 41.0 Å². The molecule has 4 aliphatic rings. The largest absolute Gasteiger partial charge is 0.522 e. The molecule has 2 aliphatic heterocycles. The molecule has 1 amide bonds. The van der Waals surface area contributed by atoms with Crippen LogP contribution < -0.4 is 14.4 Å². The number of benzene rings is 2. The van der Waals surface area contributed by atoms with Gasteiger partial charge in [0.05, 0.1) is 30.3 Å². The van der Waals surface area contributed by atoms with Gasteiger partial charge in [-0.25, -0.2) is 13.1 Å². The van der Waals surface area contributed by atoms with Crippen molar-refractivity contribution in [3.05, 3.63) is 70.3 Å². The Hall–Kier alpha value is -2.80. The van der Waals surface area contributed by atoms with Crippen LogP contribution in [0.2, 0.25) is 5.02 Å². The highest BCUT2D eigenvalue weighted by Crippen LogP contribution is 2.46. The van der Waals surface area contributed by atoms with Gasteiger partial charge in [-0.15, -0.1) is 13.2 Å². The second-order valence-corrected chi connectivity index (χ2v) is 15.4. The minimum atomic E-state index is -4.91. The van der Waals surface area contributed by atoms with E-state index in [9.17, 15) is 31.5 Å². The molecule has 1 fully saturated rings. The van der Waals surface area contributed by atoms with Gasteiger partial charge in [0.1, 0.15) is 5.75 Å². The Labute approximate surface area is 271 Å². The predicted octanol–water partition coefficient (Wildman–Crippen LogP) is 5.90. The third-order valence-corrected chi connectivity index (χ3v) is 12.1. The van der Waals surface area contributed by atoms with Crippen LogP contribution in [-0.4, -0.2) is 63.5 Å². The molecule has 0 radical (unpaired) electrons. The first-order valence-electron chi connectivity index (χ1n) is 15.8. The van der Waals surface area contributed by atoms with Crippen LogP contribution in [0.1, 0.15) is 66.4 Å². The van der Waals surface area contributed by atoms with Crippen molar-refractivity contribution in [2.75, 3.05) is 31.2 Å². The topological polar surface area (TPSA) is 105 Å². The number of rotatable bonds is 3. The molecule has 2 aromatic carbocycles. The van der Waals surface area contributed by atoms with E-state index in [0.29, 0.717) is 36.2 Å². The molecule has 13 heteroatoms. The van der Waals surface area contributed by atoms with E-state index in [1.54, 1.807) is 24.3 Å². The van der Waals surface area contributed by atoms with Crippen LogP contribution >= 0.6 is 11.6 Å². The van der Waals surface area contributed by atoms with Crippen molar-refractivity contribution in [3.8, 4) is 5.75 Å². The predicted molar refractivity (Wildman–Crippen MR) is 168 cm³/mol. The maximum absolute atomic E-state index is 13.4. The van der Waals surface area contributed by atoms with Crippen molar-refractivity contribution in [1.82, 2.24) is 4.72 Å². The van der Waals surface area contributed by atoms with Crippen molar-refractivity contribution >= 4 is 33.2 Å². The molecule has 2 aromatic rings. The Balaban J connectivity index is 1.36. The number of halogens is 4. The number of alkyl halides is 3. The first kappa shape index (κ1) is 33.1. The third-order valence-electron chi connectivity index (χ3n) is 10.0. The number of carbonyl (C=O) groups is 1. The Bertz CT molecular complexity index is 1600. The van der Waals surface area contributed by atoms with Crippen LogP contribution in [0.3, 0.4) is 0 Å². The van der Waals surface area contributed by atoms with Crippen molar-refractivity contribution in [2.45, 2.75) is 74.5 Å². The number of sulfonamides is 1. The van der Waals surface area contributed by atoms with Crippen LogP contribution in [0.4, 0.5) is 18.9 Å². The van der Waals surface area contributed by atoms with E-state index in [-0.39, 0.29) is 35.7 Å². The van der Waals surface area contributed by atoms with Crippen molar-refractivity contribution in [2.24, 2.45) is 11.8 Å². The molecule has 2 aliphatic carbocycles. The summed E-state index contributed by atoms with van der Waals surface area (Å²) in [5.74, 6) is -0.164. The lowest BCUT2D eigenvalue weighted by molar-refractivity contribution is -0.324. The molecule has 6 rings (SSSR count). The average molecular weight is 683 g/mol. The number of nitrogens with zero attached hydrogens (tertiary/aromatic N) is 1. The van der Waals surface area contributed by atoms with E-state index in [1.807, 2.05) is 12.1 Å². The highest BCUT2D eigenvalue weighted by atomic mass is 35.5. The fraction of sp³-hybridized carbons (Fsp3) is 0.545. The number of aryl methyl sites for hydroxylation is 1. The molecule has 8 nitrogen and oxygen atoms in total. The lowest BCUT2D eigenvalue weighted by atomic mass is 9.68. The summed E-state index contributed by atoms with van der Waals surface area (Å²) in [5, 5.41) is 10.5. The number of ether oxygens (including phenoxy) is 2. The minimum Gasteiger partial charge on any atom is -0.490 e. The molecule has 0 aromatic heterocycles. The van der Waals surface area contributed by atoms with Gasteiger partial charge in [-0.05, 0) is 105 Å². The van der Waals surface area contributed by atoms with Crippen molar-refractivity contribution in [3.63, 3.8) is 0 Å². The Morgan fingerprint density at radius 1 is 1.15 bits per heavy atom. The number of aliphatic hydroxyl groups excluding tert-OH is 1. The monoisotopic (exact) mass is 682 g/mol. The number of amides is 1. The number of aliphatic hydroxyl groups is 1. The number of allylic oxidation sites excluding steroid dienone is 1. The van der Waals surface area contributed by atoms with E-state index in [2.05, 4.69) is 20.4 Å². The van der Waals surface area contributed by atoms with Gasteiger partial charge >= 0.3 is 6.36 Å². The van der Waals surface area contributed by atoms with Gasteiger partial charge < -0.3 is 14.7 Å². The number of hydrogen-bond donors (Lipinski definition) is 2. The molecular weight excluding hydrogens is 645 g/mol. The second kappa shape index (κ2) is 13.0. The summed E-state index contributed by atoms with van der Waals surface area (Å²) in [4.78, 5) is 15.6. The summed E-state index contributed by atoms with van der Waals surface area (Å²) >= 11 is 6.36. The van der Waals surface area contributed by atoms with E-state index in [4.69, 9.17) is 16.3 Å². The molecule has 250 valence electrons. The van der Waals surface area contributed by atoms with Crippen LogP contribution in [0.25, 0.3) is 0 Å². The molecule has 2 heterocycles. The second-order valence-electron chi connectivity index (χ2n) is 13.0. The van der Waals surface area contributed by atoms with Gasteiger partial charge in [-0.1, -0.05) is 29.8 Å². The Morgan fingerprint density at radius 3 is 2.74 bits per heavy atom. The third kappa shape index (κ3) is 7.05. The zero-order valence-corrected chi connectivity index (χ0v) is 26.8. The summed E-state index contributed by atoms with van der Waals surface area (Å²) in [6.45, 7) is 0.740. The Morgan fingerprint density at radius 2 is 1.98 bits per heavy atom. The van der Waals surface area contributed by atoms with Gasteiger partial charge in [-0.2, -0.15) is 0 Å². The highest BCUT2D eigenvalue weighted by molar-refractivity contribution is 7.90. The van der Waals surface area contributed by atoms with Gasteiger partial charge in [0.2, 0.25) is 10.0 Å². The van der Waals surface area contributed by atoms with Gasteiger partial charge in [0.15, 0.2) is 0 Å². The number of anilines is 1. The number of fused-ring (bicyclic) bond motifs is 4. The summed E-state index contributed by atoms with van der Waals surface area (Å²) in [7, 11) is -4.39. The Kier molecular flexibility index (Phi) is 9.37.